The molecule has 2 aromatic rings. The molecule has 0 fully saturated rings. The zero-order valence-electron chi connectivity index (χ0n) is 16.3. The molecule has 1 N–H and O–H groups in total. The maximum atomic E-state index is 12.7. The van der Waals surface area contributed by atoms with Gasteiger partial charge in [-0.05, 0) is 24.6 Å². The molecule has 0 radical (unpaired) electrons. The number of urea groups is 1. The van der Waals surface area contributed by atoms with E-state index in [0.29, 0.717) is 5.56 Å². The second-order valence-corrected chi connectivity index (χ2v) is 7.22. The van der Waals surface area contributed by atoms with Crippen molar-refractivity contribution in [2.45, 2.75) is 11.8 Å². The molecule has 29 heavy (non-hydrogen) atoms. The van der Waals surface area contributed by atoms with Gasteiger partial charge in [-0.1, -0.05) is 6.07 Å². The van der Waals surface area contributed by atoms with E-state index in [9.17, 15) is 18.0 Å². The number of rotatable bonds is 6. The van der Waals surface area contributed by atoms with E-state index in [2.05, 4.69) is 19.7 Å². The van der Waals surface area contributed by atoms with Crippen LogP contribution in [-0.4, -0.2) is 63.7 Å². The normalized spacial score (nSPS) is 10.8. The number of aryl methyl sites for hydroxylation is 1. The Hall–Kier alpha value is -3.48. The highest BCUT2D eigenvalue weighted by Crippen LogP contribution is 2.20. The van der Waals surface area contributed by atoms with Crippen LogP contribution in [0.5, 0.6) is 12.0 Å². The number of ether oxygens (including phenoxy) is 3. The Morgan fingerprint density at radius 3 is 2.14 bits per heavy atom. The van der Waals surface area contributed by atoms with Gasteiger partial charge in [-0.2, -0.15) is 9.97 Å². The van der Waals surface area contributed by atoms with E-state index in [1.807, 2.05) is 4.72 Å². The zero-order valence-corrected chi connectivity index (χ0v) is 17.1. The first kappa shape index (κ1) is 21.8. The molecular formula is C16H19N5O7S. The van der Waals surface area contributed by atoms with Crippen molar-refractivity contribution in [1.82, 2.24) is 19.7 Å². The van der Waals surface area contributed by atoms with Crippen molar-refractivity contribution in [3.8, 4) is 12.0 Å². The van der Waals surface area contributed by atoms with Gasteiger partial charge >= 0.3 is 24.0 Å². The number of amides is 2. The maximum Gasteiger partial charge on any atom is 0.339 e. The number of aromatic nitrogens is 3. The Bertz CT molecular complexity index is 1020. The van der Waals surface area contributed by atoms with Gasteiger partial charge in [0.25, 0.3) is 10.0 Å². The highest BCUT2D eigenvalue weighted by molar-refractivity contribution is 7.90. The van der Waals surface area contributed by atoms with E-state index in [4.69, 9.17) is 9.47 Å². The molecule has 0 aliphatic heterocycles. The molecule has 0 saturated heterocycles. The molecule has 0 aliphatic rings. The first-order valence-electron chi connectivity index (χ1n) is 7.96. The van der Waals surface area contributed by atoms with Crippen molar-refractivity contribution in [3.05, 3.63) is 29.3 Å². The molecule has 2 amide bonds. The van der Waals surface area contributed by atoms with Gasteiger partial charge in [0.1, 0.15) is 4.90 Å². The van der Waals surface area contributed by atoms with Crippen LogP contribution in [-0.2, 0) is 14.8 Å². The molecule has 0 atom stereocenters. The second-order valence-electron chi connectivity index (χ2n) is 5.57. The van der Waals surface area contributed by atoms with Gasteiger partial charge < -0.3 is 14.2 Å². The lowest BCUT2D eigenvalue weighted by Crippen LogP contribution is -2.42. The molecule has 12 nitrogen and oxygen atoms in total. The van der Waals surface area contributed by atoms with Crippen molar-refractivity contribution in [2.75, 3.05) is 33.3 Å². The highest BCUT2D eigenvalue weighted by atomic mass is 32.2. The van der Waals surface area contributed by atoms with Gasteiger partial charge in [0.05, 0.1) is 26.9 Å². The molecule has 156 valence electrons. The number of methoxy groups -OCH3 is 3. The second kappa shape index (κ2) is 8.68. The Kier molecular flexibility index (Phi) is 6.53. The number of benzene rings is 1. The van der Waals surface area contributed by atoms with E-state index in [1.165, 1.54) is 33.4 Å². The first-order chi connectivity index (χ1) is 13.6. The summed E-state index contributed by atoms with van der Waals surface area (Å²) in [5.41, 5.74) is 0.343. The van der Waals surface area contributed by atoms with Gasteiger partial charge in [-0.15, -0.1) is 4.98 Å². The Morgan fingerprint density at radius 2 is 1.62 bits per heavy atom. The van der Waals surface area contributed by atoms with E-state index in [1.54, 1.807) is 13.0 Å². The quantitative estimate of drug-likeness (QED) is 0.649. The summed E-state index contributed by atoms with van der Waals surface area (Å²) in [5, 5.41) is 0. The van der Waals surface area contributed by atoms with Crippen LogP contribution < -0.4 is 19.1 Å². The van der Waals surface area contributed by atoms with E-state index < -0.39 is 26.9 Å². The van der Waals surface area contributed by atoms with Crippen molar-refractivity contribution in [2.24, 2.45) is 0 Å². The molecule has 2 rings (SSSR count). The van der Waals surface area contributed by atoms with Crippen LogP contribution in [0.4, 0.5) is 10.7 Å². The van der Waals surface area contributed by atoms with Gasteiger partial charge in [0, 0.05) is 7.05 Å². The summed E-state index contributed by atoms with van der Waals surface area (Å²) in [5.74, 6) is -1.09. The van der Waals surface area contributed by atoms with E-state index >= 15 is 0 Å². The Morgan fingerprint density at radius 1 is 1.03 bits per heavy atom. The van der Waals surface area contributed by atoms with Gasteiger partial charge in [-0.3, -0.25) is 4.90 Å². The molecule has 0 unspecified atom stereocenters. The third kappa shape index (κ3) is 4.87. The molecule has 0 aliphatic carbocycles. The van der Waals surface area contributed by atoms with Crippen molar-refractivity contribution >= 4 is 28.0 Å². The summed E-state index contributed by atoms with van der Waals surface area (Å²) in [6.07, 6.45) is 0. The lowest BCUT2D eigenvalue weighted by molar-refractivity contribution is 0.0596. The fourth-order valence-corrected chi connectivity index (χ4v) is 3.38. The van der Waals surface area contributed by atoms with Gasteiger partial charge in [0.15, 0.2) is 0 Å². The maximum absolute atomic E-state index is 12.7. The van der Waals surface area contributed by atoms with Crippen molar-refractivity contribution in [1.29, 1.82) is 0 Å². The summed E-state index contributed by atoms with van der Waals surface area (Å²) < 4.78 is 41.8. The molecule has 0 saturated carbocycles. The van der Waals surface area contributed by atoms with Crippen LogP contribution in [0.15, 0.2) is 23.1 Å². The molecule has 1 aromatic heterocycles. The van der Waals surface area contributed by atoms with Crippen LogP contribution in [0.1, 0.15) is 15.9 Å². The molecule has 0 bridgehead atoms. The third-order valence-corrected chi connectivity index (χ3v) is 4.97. The first-order valence-corrected chi connectivity index (χ1v) is 9.44. The fraction of sp³-hybridized carbons (Fsp3) is 0.312. The number of carbonyl (C=O) groups excluding carboxylic acids is 2. The SMILES string of the molecule is COC(=O)c1ccc(C)cc1S(=O)(=O)NC(=O)N(C)c1nc(OC)nc(OC)n1. The number of hydrogen-bond donors (Lipinski definition) is 1. The Balaban J connectivity index is 2.37. The number of hydrogen-bond acceptors (Lipinski definition) is 10. The summed E-state index contributed by atoms with van der Waals surface area (Å²) in [7, 11) is 0.524. The monoisotopic (exact) mass is 425 g/mol. The largest absolute Gasteiger partial charge is 0.467 e. The predicted molar refractivity (Wildman–Crippen MR) is 99.6 cm³/mol. The molecule has 0 spiro atoms. The average molecular weight is 425 g/mol. The lowest BCUT2D eigenvalue weighted by atomic mass is 10.1. The molecule has 13 heteroatoms. The minimum absolute atomic E-state index is 0.138. The smallest absolute Gasteiger partial charge is 0.339 e. The topological polar surface area (TPSA) is 150 Å². The average Bonchev–Trinajstić information content (AvgIpc) is 2.71. The van der Waals surface area contributed by atoms with E-state index in [-0.39, 0.29) is 23.5 Å². The third-order valence-electron chi connectivity index (χ3n) is 3.61. The summed E-state index contributed by atoms with van der Waals surface area (Å²) in [6, 6.07) is 2.73. The molecule has 1 heterocycles. The summed E-state index contributed by atoms with van der Waals surface area (Å²) in [4.78, 5) is 36.4. The van der Waals surface area contributed by atoms with Crippen molar-refractivity contribution < 1.29 is 32.2 Å². The van der Waals surface area contributed by atoms with Gasteiger partial charge in [0.2, 0.25) is 5.95 Å². The standard InChI is InChI=1S/C16H19N5O7S/c1-9-6-7-10(12(22)26-3)11(8-9)29(24,25)20-16(23)21(2)13-17-14(27-4)19-15(18-13)28-5/h6-8H,1-5H3,(H,20,23). The summed E-state index contributed by atoms with van der Waals surface area (Å²) in [6.45, 7) is 1.64. The molecular weight excluding hydrogens is 406 g/mol. The van der Waals surface area contributed by atoms with Crippen LogP contribution >= 0.6 is 0 Å². The Labute approximate surface area is 166 Å². The number of esters is 1. The number of carbonyl (C=O) groups is 2. The summed E-state index contributed by atoms with van der Waals surface area (Å²) >= 11 is 0. The lowest BCUT2D eigenvalue weighted by Gasteiger charge is -2.17. The highest BCUT2D eigenvalue weighted by Gasteiger charge is 2.28. The van der Waals surface area contributed by atoms with E-state index in [0.717, 1.165) is 12.0 Å². The number of anilines is 1. The van der Waals surface area contributed by atoms with Crippen LogP contribution in [0.2, 0.25) is 0 Å². The van der Waals surface area contributed by atoms with Gasteiger partial charge in [-0.25, -0.2) is 22.7 Å². The molecule has 1 aromatic carbocycles. The minimum Gasteiger partial charge on any atom is -0.467 e. The number of nitrogens with zero attached hydrogens (tertiary/aromatic N) is 4. The zero-order chi connectivity index (χ0) is 21.8. The number of nitrogens with one attached hydrogen (secondary N) is 1. The number of sulfonamides is 1. The minimum atomic E-state index is -4.43. The van der Waals surface area contributed by atoms with Crippen molar-refractivity contribution in [3.63, 3.8) is 0 Å². The van der Waals surface area contributed by atoms with Crippen LogP contribution in [0.25, 0.3) is 0 Å². The fourth-order valence-electron chi connectivity index (χ4n) is 2.12. The van der Waals surface area contributed by atoms with Crippen LogP contribution in [0.3, 0.4) is 0 Å². The van der Waals surface area contributed by atoms with Crippen LogP contribution in [0, 0.1) is 6.92 Å². The predicted octanol–water partition coefficient (Wildman–Crippen LogP) is 0.519.